The largest absolute Gasteiger partial charge is 0.494 e. The lowest BCUT2D eigenvalue weighted by atomic mass is 9.70. The minimum Gasteiger partial charge on any atom is -0.494 e. The maximum absolute atomic E-state index is 6.15. The number of para-hydroxylation sites is 1. The molecule has 4 heteroatoms. The van der Waals surface area contributed by atoms with Crippen molar-refractivity contribution in [2.75, 3.05) is 7.11 Å². The van der Waals surface area contributed by atoms with Crippen molar-refractivity contribution in [2.24, 2.45) is 5.41 Å². The molecule has 1 heterocycles. The molecule has 0 radical (unpaired) electrons. The second-order valence-corrected chi connectivity index (χ2v) is 15.5. The van der Waals surface area contributed by atoms with E-state index in [1.165, 1.54) is 94.1 Å². The molecular weight excluding hydrogens is 447 g/mol. The van der Waals surface area contributed by atoms with Gasteiger partial charge in [0.1, 0.15) is 11.4 Å². The van der Waals surface area contributed by atoms with E-state index >= 15 is 0 Å². The molecule has 3 saturated carbocycles. The summed E-state index contributed by atoms with van der Waals surface area (Å²) in [5.41, 5.74) is 7.79. The Morgan fingerprint density at radius 2 is 1.54 bits per heavy atom. The van der Waals surface area contributed by atoms with Gasteiger partial charge in [0.05, 0.1) is 18.5 Å². The molecule has 35 heavy (non-hydrogen) atoms. The third-order valence-electron chi connectivity index (χ3n) is 10.8. The Kier molecular flexibility index (Phi) is 6.11. The summed E-state index contributed by atoms with van der Waals surface area (Å²) in [4.78, 5) is 0. The lowest BCUT2D eigenvalue weighted by Crippen LogP contribution is -2.35. The fourth-order valence-electron chi connectivity index (χ4n) is 8.59. The molecule has 0 unspecified atom stereocenters. The highest BCUT2D eigenvalue weighted by atomic mass is 31.1. The molecule has 190 valence electrons. The van der Waals surface area contributed by atoms with Crippen LogP contribution in [0.25, 0.3) is 5.69 Å². The zero-order valence-electron chi connectivity index (χ0n) is 22.7. The van der Waals surface area contributed by atoms with Gasteiger partial charge >= 0.3 is 0 Å². The van der Waals surface area contributed by atoms with E-state index in [1.807, 2.05) is 7.11 Å². The van der Waals surface area contributed by atoms with E-state index < -0.39 is 0 Å². The number of nitrogens with zero attached hydrogens (tertiary/aromatic N) is 2. The van der Waals surface area contributed by atoms with E-state index in [0.717, 1.165) is 17.1 Å². The number of rotatable bonds is 5. The smallest absolute Gasteiger partial charge is 0.145 e. The molecule has 3 nitrogen and oxygen atoms in total. The highest BCUT2D eigenvalue weighted by Gasteiger charge is 2.62. The first kappa shape index (κ1) is 24.0. The maximum Gasteiger partial charge on any atom is 0.145 e. The quantitative estimate of drug-likeness (QED) is 0.394. The molecule has 2 aromatic rings. The van der Waals surface area contributed by atoms with Gasteiger partial charge in [-0.25, -0.2) is 4.68 Å². The molecule has 2 atom stereocenters. The van der Waals surface area contributed by atoms with Gasteiger partial charge in [-0.3, -0.25) is 0 Å². The van der Waals surface area contributed by atoms with E-state index in [-0.39, 0.29) is 18.8 Å². The second-order valence-electron chi connectivity index (χ2n) is 12.7. The van der Waals surface area contributed by atoms with E-state index in [4.69, 9.17) is 9.84 Å². The van der Waals surface area contributed by atoms with Crippen molar-refractivity contribution in [1.82, 2.24) is 9.78 Å². The Bertz CT molecular complexity index is 1070. The summed E-state index contributed by atoms with van der Waals surface area (Å²) >= 11 is 0. The van der Waals surface area contributed by atoms with Crippen LogP contribution in [0.4, 0.5) is 0 Å². The van der Waals surface area contributed by atoms with Crippen LogP contribution >= 0.6 is 7.92 Å². The van der Waals surface area contributed by atoms with E-state index in [2.05, 4.69) is 50.6 Å². The lowest BCUT2D eigenvalue weighted by molar-refractivity contribution is 0.222. The average molecular weight is 493 g/mol. The highest BCUT2D eigenvalue weighted by Crippen LogP contribution is 2.68. The Morgan fingerprint density at radius 3 is 2.14 bits per heavy atom. The van der Waals surface area contributed by atoms with Crippen LogP contribution in [0.1, 0.15) is 121 Å². The number of hydrogen-bond donors (Lipinski definition) is 0. The molecular formula is C31H45N2OP. The minimum absolute atomic E-state index is 0.171. The van der Waals surface area contributed by atoms with Crippen LogP contribution in [0, 0.1) is 12.3 Å². The van der Waals surface area contributed by atoms with Gasteiger partial charge in [0.15, 0.2) is 0 Å². The number of ether oxygens (including phenoxy) is 1. The van der Waals surface area contributed by atoms with Gasteiger partial charge < -0.3 is 4.74 Å². The zero-order valence-corrected chi connectivity index (χ0v) is 23.6. The Morgan fingerprint density at radius 1 is 0.914 bits per heavy atom. The SMILES string of the molecule is COc1cccc(P(C2CCCCC2)C2CCCCC2)c1-n1nc(C)c2c1[C@]1(C)CC[C@H]2C1(C)C. The van der Waals surface area contributed by atoms with Crippen molar-refractivity contribution in [3.63, 3.8) is 0 Å². The van der Waals surface area contributed by atoms with Gasteiger partial charge in [0.25, 0.3) is 0 Å². The van der Waals surface area contributed by atoms with Gasteiger partial charge in [0, 0.05) is 16.3 Å². The molecule has 0 spiro atoms. The Balaban J connectivity index is 1.55. The highest BCUT2D eigenvalue weighted by molar-refractivity contribution is 7.67. The van der Waals surface area contributed by atoms with Crippen molar-refractivity contribution in [3.8, 4) is 11.4 Å². The molecule has 2 bridgehead atoms. The molecule has 0 aliphatic heterocycles. The topological polar surface area (TPSA) is 27.1 Å². The first-order chi connectivity index (χ1) is 16.9. The van der Waals surface area contributed by atoms with Crippen LogP contribution in [0.15, 0.2) is 18.2 Å². The van der Waals surface area contributed by atoms with Gasteiger partial charge in [-0.2, -0.15) is 5.10 Å². The van der Waals surface area contributed by atoms with Crippen LogP contribution in [-0.2, 0) is 5.41 Å². The first-order valence-electron chi connectivity index (χ1n) is 14.4. The van der Waals surface area contributed by atoms with Crippen LogP contribution in [-0.4, -0.2) is 28.2 Å². The van der Waals surface area contributed by atoms with E-state index in [9.17, 15) is 0 Å². The van der Waals surface area contributed by atoms with Crippen molar-refractivity contribution in [1.29, 1.82) is 0 Å². The molecule has 1 aromatic heterocycles. The van der Waals surface area contributed by atoms with Crippen molar-refractivity contribution < 1.29 is 4.74 Å². The summed E-state index contributed by atoms with van der Waals surface area (Å²) in [5, 5.41) is 6.93. The van der Waals surface area contributed by atoms with Crippen molar-refractivity contribution >= 4 is 13.2 Å². The molecule has 0 saturated heterocycles. The van der Waals surface area contributed by atoms with Crippen molar-refractivity contribution in [2.45, 2.75) is 127 Å². The second kappa shape index (κ2) is 8.90. The molecule has 6 rings (SSSR count). The average Bonchev–Trinajstić information content (AvgIpc) is 3.40. The number of benzene rings is 1. The molecule has 1 aromatic carbocycles. The van der Waals surface area contributed by atoms with Gasteiger partial charge in [-0.15, -0.1) is 0 Å². The van der Waals surface area contributed by atoms with Crippen LogP contribution in [0.3, 0.4) is 0 Å². The van der Waals surface area contributed by atoms with E-state index in [0.29, 0.717) is 5.92 Å². The summed E-state index contributed by atoms with van der Waals surface area (Å²) in [6.07, 6.45) is 16.8. The summed E-state index contributed by atoms with van der Waals surface area (Å²) in [6.45, 7) is 9.80. The van der Waals surface area contributed by atoms with Crippen LogP contribution in [0.5, 0.6) is 5.75 Å². The monoisotopic (exact) mass is 492 g/mol. The number of fused-ring (bicyclic) bond motifs is 5. The van der Waals surface area contributed by atoms with Gasteiger partial charge in [-0.05, 0) is 74.2 Å². The summed E-state index contributed by atoms with van der Waals surface area (Å²) in [7, 11) is 1.62. The fraction of sp³-hybridized carbons (Fsp3) is 0.710. The predicted octanol–water partition coefficient (Wildman–Crippen LogP) is 8.14. The number of aromatic nitrogens is 2. The third-order valence-corrected chi connectivity index (χ3v) is 14.4. The minimum atomic E-state index is -0.244. The van der Waals surface area contributed by atoms with Crippen molar-refractivity contribution in [3.05, 3.63) is 35.2 Å². The standard InChI is InChI=1S/C31H45N2OP/c1-21-27-24-19-20-31(4,30(24,2)3)29(27)33(32-21)28-25(34-5)17-12-18-26(28)35(22-13-8-6-9-14-22)23-15-10-7-11-16-23/h12,17-18,22-24H,6-11,13-16,19-20H2,1-5H3/t24-,31+/m1/s1. The molecule has 4 aliphatic carbocycles. The number of hydrogen-bond acceptors (Lipinski definition) is 2. The van der Waals surface area contributed by atoms with Gasteiger partial charge in [0.2, 0.25) is 0 Å². The number of aryl methyl sites for hydroxylation is 1. The fourth-order valence-corrected chi connectivity index (χ4v) is 12.5. The molecule has 0 N–H and O–H groups in total. The molecule has 0 amide bonds. The van der Waals surface area contributed by atoms with E-state index in [1.54, 1.807) is 10.9 Å². The zero-order chi connectivity index (χ0) is 24.4. The lowest BCUT2D eigenvalue weighted by Gasteiger charge is -2.40. The Hall–Kier alpha value is -1.34. The normalized spacial score (nSPS) is 28.6. The Labute approximate surface area is 214 Å². The molecule has 4 aliphatic rings. The maximum atomic E-state index is 6.15. The van der Waals surface area contributed by atoms with Crippen LogP contribution < -0.4 is 10.0 Å². The van der Waals surface area contributed by atoms with Gasteiger partial charge in [-0.1, -0.05) is 79.4 Å². The third kappa shape index (κ3) is 3.50. The predicted molar refractivity (Wildman–Crippen MR) is 148 cm³/mol. The summed E-state index contributed by atoms with van der Waals surface area (Å²) in [6, 6.07) is 6.95. The first-order valence-corrected chi connectivity index (χ1v) is 15.9. The number of methoxy groups -OCH3 is 1. The molecule has 3 fully saturated rings. The summed E-state index contributed by atoms with van der Waals surface area (Å²) < 4.78 is 8.57. The van der Waals surface area contributed by atoms with Crippen LogP contribution in [0.2, 0.25) is 0 Å². The summed E-state index contributed by atoms with van der Waals surface area (Å²) in [5.74, 6) is 1.66.